The Bertz CT molecular complexity index is 542. The molecule has 1 aromatic rings. The molecule has 124 valence electrons. The number of rotatable bonds is 7. The first kappa shape index (κ1) is 15.8. The number of ether oxygens (including phenoxy) is 1. The van der Waals surface area contributed by atoms with Gasteiger partial charge in [0.15, 0.2) is 0 Å². The fourth-order valence-electron chi connectivity index (χ4n) is 2.94. The van der Waals surface area contributed by atoms with Gasteiger partial charge in [-0.1, -0.05) is 18.2 Å². The van der Waals surface area contributed by atoms with Crippen LogP contribution in [-0.4, -0.2) is 41.9 Å². The molecule has 0 radical (unpaired) electrons. The molecule has 1 atom stereocenters. The van der Waals surface area contributed by atoms with Crippen LogP contribution in [0.15, 0.2) is 30.3 Å². The average Bonchev–Trinajstić information content (AvgIpc) is 3.24. The lowest BCUT2D eigenvalue weighted by Crippen LogP contribution is -2.46. The number of hydrogen-bond acceptors (Lipinski definition) is 3. The summed E-state index contributed by atoms with van der Waals surface area (Å²) in [6.45, 7) is 1.21. The molecule has 2 aliphatic rings. The normalized spacial score (nSPS) is 20.3. The number of likely N-dealkylation sites (tertiary alicyclic amines) is 1. The van der Waals surface area contributed by atoms with Gasteiger partial charge in [-0.25, -0.2) is 0 Å². The molecule has 1 aromatic carbocycles. The molecule has 1 N–H and O–H groups in total. The molecule has 5 heteroatoms. The van der Waals surface area contributed by atoms with E-state index < -0.39 is 0 Å². The third kappa shape index (κ3) is 4.47. The first-order valence-corrected chi connectivity index (χ1v) is 8.52. The second-order valence-corrected chi connectivity index (χ2v) is 6.29. The monoisotopic (exact) mass is 316 g/mol. The zero-order chi connectivity index (χ0) is 16.1. The Labute approximate surface area is 137 Å². The minimum absolute atomic E-state index is 0.0267. The minimum Gasteiger partial charge on any atom is -0.494 e. The highest BCUT2D eigenvalue weighted by atomic mass is 16.5. The van der Waals surface area contributed by atoms with Crippen molar-refractivity contribution in [1.29, 1.82) is 0 Å². The number of amides is 2. The summed E-state index contributed by atoms with van der Waals surface area (Å²) in [4.78, 5) is 26.3. The molecule has 2 amide bonds. The highest BCUT2D eigenvalue weighted by Crippen LogP contribution is 2.23. The number of carbonyl (C=O) groups excluding carboxylic acids is 2. The van der Waals surface area contributed by atoms with Gasteiger partial charge in [-0.05, 0) is 44.2 Å². The fourth-order valence-corrected chi connectivity index (χ4v) is 2.94. The Hall–Kier alpha value is -2.04. The molecule has 1 saturated heterocycles. The minimum atomic E-state index is -0.266. The number of hydrogen-bond donors (Lipinski definition) is 1. The van der Waals surface area contributed by atoms with Crippen molar-refractivity contribution in [2.75, 3.05) is 13.2 Å². The number of nitrogens with one attached hydrogen (secondary N) is 1. The molecule has 0 spiro atoms. The second-order valence-electron chi connectivity index (χ2n) is 6.29. The summed E-state index contributed by atoms with van der Waals surface area (Å²) in [5.41, 5.74) is 0. The summed E-state index contributed by atoms with van der Waals surface area (Å²) < 4.78 is 5.60. The van der Waals surface area contributed by atoms with Crippen molar-refractivity contribution in [2.24, 2.45) is 0 Å². The first-order valence-electron chi connectivity index (χ1n) is 8.52. The second kappa shape index (κ2) is 7.49. The van der Waals surface area contributed by atoms with E-state index >= 15 is 0 Å². The molecule has 0 aromatic heterocycles. The van der Waals surface area contributed by atoms with Crippen LogP contribution in [-0.2, 0) is 9.59 Å². The van der Waals surface area contributed by atoms with Crippen LogP contribution in [0.25, 0.3) is 0 Å². The van der Waals surface area contributed by atoms with Crippen LogP contribution in [0, 0.1) is 0 Å². The molecule has 1 aliphatic heterocycles. The lowest BCUT2D eigenvalue weighted by atomic mass is 10.2. The van der Waals surface area contributed by atoms with E-state index in [0.717, 1.165) is 31.4 Å². The van der Waals surface area contributed by atoms with Gasteiger partial charge in [0, 0.05) is 19.0 Å². The van der Waals surface area contributed by atoms with Gasteiger partial charge < -0.3 is 15.0 Å². The van der Waals surface area contributed by atoms with Crippen LogP contribution in [0.1, 0.15) is 38.5 Å². The third-order valence-corrected chi connectivity index (χ3v) is 4.35. The molecule has 1 saturated carbocycles. The average molecular weight is 316 g/mol. The Kier molecular flexibility index (Phi) is 5.16. The van der Waals surface area contributed by atoms with Crippen molar-refractivity contribution in [3.63, 3.8) is 0 Å². The number of carbonyl (C=O) groups is 2. The summed E-state index contributed by atoms with van der Waals surface area (Å²) in [7, 11) is 0. The summed E-state index contributed by atoms with van der Waals surface area (Å²) in [5, 5.41) is 3.01. The highest BCUT2D eigenvalue weighted by Gasteiger charge is 2.35. The summed E-state index contributed by atoms with van der Waals surface area (Å²) in [6, 6.07) is 9.68. The van der Waals surface area contributed by atoms with E-state index in [2.05, 4.69) is 5.32 Å². The van der Waals surface area contributed by atoms with Gasteiger partial charge >= 0.3 is 0 Å². The fraction of sp³-hybridized carbons (Fsp3) is 0.556. The van der Waals surface area contributed by atoms with Gasteiger partial charge in [0.1, 0.15) is 11.8 Å². The smallest absolute Gasteiger partial charge is 0.243 e. The van der Waals surface area contributed by atoms with Crippen molar-refractivity contribution in [3.05, 3.63) is 30.3 Å². The maximum absolute atomic E-state index is 12.4. The molecule has 0 bridgehead atoms. The Morgan fingerprint density at radius 3 is 2.70 bits per heavy atom. The summed E-state index contributed by atoms with van der Waals surface area (Å²) in [6.07, 6.45) is 4.94. The molecule has 1 unspecified atom stereocenters. The van der Waals surface area contributed by atoms with E-state index in [-0.39, 0.29) is 17.9 Å². The van der Waals surface area contributed by atoms with Gasteiger partial charge in [0.2, 0.25) is 11.8 Å². The van der Waals surface area contributed by atoms with Crippen molar-refractivity contribution in [1.82, 2.24) is 10.2 Å². The molecule has 23 heavy (non-hydrogen) atoms. The predicted molar refractivity (Wildman–Crippen MR) is 87.1 cm³/mol. The van der Waals surface area contributed by atoms with E-state index in [1.54, 1.807) is 4.90 Å². The van der Waals surface area contributed by atoms with Crippen LogP contribution in [0.2, 0.25) is 0 Å². The van der Waals surface area contributed by atoms with Crippen molar-refractivity contribution >= 4 is 11.8 Å². The predicted octanol–water partition coefficient (Wildman–Crippen LogP) is 2.12. The lowest BCUT2D eigenvalue weighted by molar-refractivity contribution is -0.138. The summed E-state index contributed by atoms with van der Waals surface area (Å²) >= 11 is 0. The highest BCUT2D eigenvalue weighted by molar-refractivity contribution is 5.88. The SMILES string of the molecule is O=C(NC1CC1)C1CCCN1C(=O)CCCOc1ccccc1. The maximum atomic E-state index is 12.4. The number of para-hydroxylation sites is 1. The van der Waals surface area contributed by atoms with E-state index in [1.165, 1.54) is 0 Å². The zero-order valence-corrected chi connectivity index (χ0v) is 13.4. The molecule has 5 nitrogen and oxygen atoms in total. The number of nitrogens with zero attached hydrogens (tertiary/aromatic N) is 1. The quantitative estimate of drug-likeness (QED) is 0.784. The van der Waals surface area contributed by atoms with Crippen LogP contribution in [0.3, 0.4) is 0 Å². The summed E-state index contributed by atoms with van der Waals surface area (Å²) in [5.74, 6) is 0.914. The van der Waals surface area contributed by atoms with E-state index in [0.29, 0.717) is 32.0 Å². The largest absolute Gasteiger partial charge is 0.494 e. The maximum Gasteiger partial charge on any atom is 0.243 e. The Morgan fingerprint density at radius 2 is 1.96 bits per heavy atom. The molecule has 3 rings (SSSR count). The van der Waals surface area contributed by atoms with Gasteiger partial charge in [0.25, 0.3) is 0 Å². The van der Waals surface area contributed by atoms with Crippen molar-refractivity contribution in [2.45, 2.75) is 50.6 Å². The van der Waals surface area contributed by atoms with Crippen molar-refractivity contribution in [3.8, 4) is 5.75 Å². The molecule has 2 fully saturated rings. The molecule has 1 heterocycles. The van der Waals surface area contributed by atoms with Crippen molar-refractivity contribution < 1.29 is 14.3 Å². The third-order valence-electron chi connectivity index (χ3n) is 4.35. The van der Waals surface area contributed by atoms with Crippen LogP contribution < -0.4 is 10.1 Å². The van der Waals surface area contributed by atoms with Gasteiger partial charge in [-0.15, -0.1) is 0 Å². The topological polar surface area (TPSA) is 58.6 Å². The standard InChI is InChI=1S/C18H24N2O3/c21-17(9-5-13-23-15-6-2-1-3-7-15)20-12-4-8-16(20)18(22)19-14-10-11-14/h1-3,6-7,14,16H,4-5,8-13H2,(H,19,22). The van der Waals surface area contributed by atoms with E-state index in [9.17, 15) is 9.59 Å². The molecular weight excluding hydrogens is 292 g/mol. The van der Waals surface area contributed by atoms with Gasteiger partial charge in [-0.2, -0.15) is 0 Å². The van der Waals surface area contributed by atoms with Crippen LogP contribution >= 0.6 is 0 Å². The molecule has 1 aliphatic carbocycles. The zero-order valence-electron chi connectivity index (χ0n) is 13.4. The van der Waals surface area contributed by atoms with E-state index in [1.807, 2.05) is 30.3 Å². The van der Waals surface area contributed by atoms with Crippen LogP contribution in [0.5, 0.6) is 5.75 Å². The molecular formula is C18H24N2O3. The first-order chi connectivity index (χ1) is 11.2. The van der Waals surface area contributed by atoms with Crippen LogP contribution in [0.4, 0.5) is 0 Å². The van der Waals surface area contributed by atoms with Gasteiger partial charge in [-0.3, -0.25) is 9.59 Å². The van der Waals surface area contributed by atoms with E-state index in [4.69, 9.17) is 4.74 Å². The Balaban J connectivity index is 1.40. The van der Waals surface area contributed by atoms with Gasteiger partial charge in [0.05, 0.1) is 6.61 Å². The lowest BCUT2D eigenvalue weighted by Gasteiger charge is -2.24. The Morgan fingerprint density at radius 1 is 1.17 bits per heavy atom. The number of benzene rings is 1.